The van der Waals surface area contributed by atoms with Crippen LogP contribution in [-0.2, 0) is 17.8 Å². The minimum atomic E-state index is -0.133. The molecule has 4 heteroatoms. The lowest BCUT2D eigenvalue weighted by molar-refractivity contribution is -0.124. The van der Waals surface area contributed by atoms with Crippen LogP contribution in [0, 0.1) is 0 Å². The van der Waals surface area contributed by atoms with Crippen LogP contribution in [0.4, 0.5) is 0 Å². The summed E-state index contributed by atoms with van der Waals surface area (Å²) in [6.45, 7) is 2.79. The summed E-state index contributed by atoms with van der Waals surface area (Å²) >= 11 is 1.65. The highest BCUT2D eigenvalue weighted by Gasteiger charge is 2.24. The van der Waals surface area contributed by atoms with Crippen molar-refractivity contribution in [3.63, 3.8) is 0 Å². The van der Waals surface area contributed by atoms with Gasteiger partial charge in [-0.2, -0.15) is 11.3 Å². The highest BCUT2D eigenvalue weighted by molar-refractivity contribution is 7.07. The number of hydrogen-bond acceptors (Lipinski definition) is 3. The number of hydrogen-bond donors (Lipinski definition) is 2. The Morgan fingerprint density at radius 3 is 2.90 bits per heavy atom. The Hall–Kier alpha value is -1.65. The number of amides is 1. The Morgan fingerprint density at radius 1 is 1.35 bits per heavy atom. The van der Waals surface area contributed by atoms with Crippen LogP contribution in [0.2, 0.25) is 0 Å². The molecule has 20 heavy (non-hydrogen) atoms. The second-order valence-corrected chi connectivity index (χ2v) is 5.97. The molecule has 0 fully saturated rings. The maximum atomic E-state index is 12.3. The Balaban J connectivity index is 1.64. The molecule has 3 nitrogen and oxygen atoms in total. The first-order valence-corrected chi connectivity index (χ1v) is 7.81. The van der Waals surface area contributed by atoms with Crippen LogP contribution < -0.4 is 10.6 Å². The zero-order valence-electron chi connectivity index (χ0n) is 11.4. The molecule has 2 N–H and O–H groups in total. The van der Waals surface area contributed by atoms with E-state index in [0.29, 0.717) is 0 Å². The third-order valence-electron chi connectivity index (χ3n) is 3.80. The second kappa shape index (κ2) is 5.77. The first kappa shape index (κ1) is 13.3. The summed E-state index contributed by atoms with van der Waals surface area (Å²) in [4.78, 5) is 12.3. The van der Waals surface area contributed by atoms with E-state index >= 15 is 0 Å². The van der Waals surface area contributed by atoms with Gasteiger partial charge >= 0.3 is 0 Å². The SMILES string of the molecule is CC(NC(=O)C1Cc2ccccc2CN1)c1ccsc1. The monoisotopic (exact) mass is 286 g/mol. The van der Waals surface area contributed by atoms with Crippen molar-refractivity contribution in [1.29, 1.82) is 0 Å². The van der Waals surface area contributed by atoms with Gasteiger partial charge in [0.05, 0.1) is 12.1 Å². The largest absolute Gasteiger partial charge is 0.348 e. The molecule has 0 aliphatic carbocycles. The van der Waals surface area contributed by atoms with Gasteiger partial charge in [-0.3, -0.25) is 4.79 Å². The summed E-state index contributed by atoms with van der Waals surface area (Å²) in [6, 6.07) is 10.3. The van der Waals surface area contributed by atoms with E-state index in [1.54, 1.807) is 11.3 Å². The number of nitrogens with one attached hydrogen (secondary N) is 2. The Kier molecular flexibility index (Phi) is 3.85. The molecule has 0 saturated carbocycles. The zero-order valence-corrected chi connectivity index (χ0v) is 12.2. The van der Waals surface area contributed by atoms with Crippen molar-refractivity contribution in [2.24, 2.45) is 0 Å². The van der Waals surface area contributed by atoms with Crippen LogP contribution in [0.25, 0.3) is 0 Å². The molecule has 2 unspecified atom stereocenters. The average molecular weight is 286 g/mol. The van der Waals surface area contributed by atoms with Crippen LogP contribution in [0.3, 0.4) is 0 Å². The summed E-state index contributed by atoms with van der Waals surface area (Å²) in [5, 5.41) is 10.5. The molecule has 1 aliphatic rings. The third kappa shape index (κ3) is 2.76. The van der Waals surface area contributed by atoms with Crippen LogP contribution in [-0.4, -0.2) is 11.9 Å². The van der Waals surface area contributed by atoms with Gasteiger partial charge in [0.2, 0.25) is 5.91 Å². The van der Waals surface area contributed by atoms with Crippen molar-refractivity contribution < 1.29 is 4.79 Å². The number of carbonyl (C=O) groups is 1. The summed E-state index contributed by atoms with van der Waals surface area (Å²) in [5.41, 5.74) is 3.73. The smallest absolute Gasteiger partial charge is 0.237 e. The van der Waals surface area contributed by atoms with Gasteiger partial charge in [-0.1, -0.05) is 24.3 Å². The molecule has 1 aliphatic heterocycles. The van der Waals surface area contributed by atoms with Gasteiger partial charge < -0.3 is 10.6 Å². The zero-order chi connectivity index (χ0) is 13.9. The topological polar surface area (TPSA) is 41.1 Å². The molecule has 0 spiro atoms. The van der Waals surface area contributed by atoms with E-state index in [0.717, 1.165) is 13.0 Å². The molecule has 2 heterocycles. The summed E-state index contributed by atoms with van der Waals surface area (Å²) in [6.07, 6.45) is 0.762. The highest BCUT2D eigenvalue weighted by atomic mass is 32.1. The maximum absolute atomic E-state index is 12.3. The second-order valence-electron chi connectivity index (χ2n) is 5.19. The fourth-order valence-corrected chi connectivity index (χ4v) is 3.31. The Bertz CT molecular complexity index is 594. The summed E-state index contributed by atoms with van der Waals surface area (Å²) < 4.78 is 0. The number of thiophene rings is 1. The fraction of sp³-hybridized carbons (Fsp3) is 0.312. The third-order valence-corrected chi connectivity index (χ3v) is 4.50. The minimum Gasteiger partial charge on any atom is -0.348 e. The molecule has 0 saturated heterocycles. The van der Waals surface area contributed by atoms with Crippen molar-refractivity contribution in [2.45, 2.75) is 32.0 Å². The first-order valence-electron chi connectivity index (χ1n) is 6.86. The van der Waals surface area contributed by atoms with Crippen molar-refractivity contribution in [1.82, 2.24) is 10.6 Å². The normalized spacial score (nSPS) is 19.1. The molecule has 0 radical (unpaired) electrons. The first-order chi connectivity index (χ1) is 9.74. The van der Waals surface area contributed by atoms with Gasteiger partial charge in [-0.15, -0.1) is 0 Å². The average Bonchev–Trinajstić information content (AvgIpc) is 3.01. The fourth-order valence-electron chi connectivity index (χ4n) is 2.56. The van der Waals surface area contributed by atoms with Crippen LogP contribution in [0.1, 0.15) is 29.7 Å². The molecule has 2 atom stereocenters. The predicted molar refractivity (Wildman–Crippen MR) is 81.7 cm³/mol. The Morgan fingerprint density at radius 2 is 2.15 bits per heavy atom. The van der Waals surface area contributed by atoms with Crippen molar-refractivity contribution in [2.75, 3.05) is 0 Å². The Labute approximate surface area is 123 Å². The van der Waals surface area contributed by atoms with E-state index in [9.17, 15) is 4.79 Å². The van der Waals surface area contributed by atoms with Gasteiger partial charge in [0.25, 0.3) is 0 Å². The van der Waals surface area contributed by atoms with Crippen LogP contribution in [0.5, 0.6) is 0 Å². The highest BCUT2D eigenvalue weighted by Crippen LogP contribution is 2.18. The van der Waals surface area contributed by atoms with Gasteiger partial charge in [-0.05, 0) is 46.9 Å². The van der Waals surface area contributed by atoms with Crippen molar-refractivity contribution in [3.05, 3.63) is 57.8 Å². The number of rotatable bonds is 3. The van der Waals surface area contributed by atoms with Gasteiger partial charge in [-0.25, -0.2) is 0 Å². The quantitative estimate of drug-likeness (QED) is 0.910. The molecule has 2 aromatic rings. The summed E-state index contributed by atoms with van der Waals surface area (Å²) in [5.74, 6) is 0.0817. The molecule has 104 valence electrons. The number of carbonyl (C=O) groups excluding carboxylic acids is 1. The van der Waals surface area contributed by atoms with E-state index in [-0.39, 0.29) is 18.0 Å². The van der Waals surface area contributed by atoms with Crippen molar-refractivity contribution >= 4 is 17.2 Å². The molecule has 1 amide bonds. The number of benzene rings is 1. The van der Waals surface area contributed by atoms with E-state index < -0.39 is 0 Å². The standard InChI is InChI=1S/C16H18N2OS/c1-11(14-6-7-20-10-14)18-16(19)15-8-12-4-2-3-5-13(12)9-17-15/h2-7,10-11,15,17H,8-9H2,1H3,(H,18,19). The molecule has 3 rings (SSSR count). The van der Waals surface area contributed by atoms with Crippen LogP contribution >= 0.6 is 11.3 Å². The maximum Gasteiger partial charge on any atom is 0.237 e. The lowest BCUT2D eigenvalue weighted by Crippen LogP contribution is -2.48. The van der Waals surface area contributed by atoms with Crippen molar-refractivity contribution in [3.8, 4) is 0 Å². The van der Waals surface area contributed by atoms with Crippen LogP contribution in [0.15, 0.2) is 41.1 Å². The van der Waals surface area contributed by atoms with E-state index in [2.05, 4.69) is 34.2 Å². The predicted octanol–water partition coefficient (Wildman–Crippen LogP) is 2.64. The molecule has 1 aromatic heterocycles. The van der Waals surface area contributed by atoms with E-state index in [1.807, 2.05) is 24.4 Å². The molecule has 0 bridgehead atoms. The lowest BCUT2D eigenvalue weighted by Gasteiger charge is -2.26. The molecular weight excluding hydrogens is 268 g/mol. The molecular formula is C16H18N2OS. The molecule has 1 aromatic carbocycles. The van der Waals surface area contributed by atoms with E-state index in [1.165, 1.54) is 16.7 Å². The minimum absolute atomic E-state index is 0.0627. The number of fused-ring (bicyclic) bond motifs is 1. The van der Waals surface area contributed by atoms with E-state index in [4.69, 9.17) is 0 Å². The van der Waals surface area contributed by atoms with Gasteiger partial charge in [0.15, 0.2) is 0 Å². The summed E-state index contributed by atoms with van der Waals surface area (Å²) in [7, 11) is 0. The lowest BCUT2D eigenvalue weighted by atomic mass is 9.95. The van der Waals surface area contributed by atoms with Gasteiger partial charge in [0, 0.05) is 6.54 Å². The van der Waals surface area contributed by atoms with Gasteiger partial charge in [0.1, 0.15) is 0 Å².